The number of rotatable bonds is 2. The van der Waals surface area contributed by atoms with E-state index in [1.165, 1.54) is 22.3 Å². The third-order valence-corrected chi connectivity index (χ3v) is 9.26. The maximum atomic E-state index is 2.54. The van der Waals surface area contributed by atoms with Gasteiger partial charge in [-0.2, -0.15) is 0 Å². The van der Waals surface area contributed by atoms with E-state index in [0.29, 0.717) is 5.54 Å². The van der Waals surface area contributed by atoms with Crippen LogP contribution in [0.2, 0.25) is 13.1 Å². The van der Waals surface area contributed by atoms with Gasteiger partial charge in [0.05, 0.1) is 8.07 Å². The van der Waals surface area contributed by atoms with Crippen molar-refractivity contribution in [3.05, 3.63) is 76.4 Å². The molecule has 0 nitrogen and oxygen atoms in total. The molecule has 4 rings (SSSR count). The molecule has 2 aliphatic carbocycles. The minimum absolute atomic E-state index is 0.594. The Hall–Kier alpha value is -1.86. The van der Waals surface area contributed by atoms with Crippen LogP contribution in [0.25, 0.3) is 12.2 Å². The average Bonchev–Trinajstić information content (AvgIpc) is 3.08. The summed E-state index contributed by atoms with van der Waals surface area (Å²) in [6.07, 6.45) is 8.27. The zero-order chi connectivity index (χ0) is 15.3. The van der Waals surface area contributed by atoms with Gasteiger partial charge in [-0.25, -0.2) is 0 Å². The van der Waals surface area contributed by atoms with E-state index in [1.54, 1.807) is 10.8 Å². The molecule has 0 heterocycles. The second kappa shape index (κ2) is 4.82. The summed E-state index contributed by atoms with van der Waals surface area (Å²) < 4.78 is 0. The molecule has 2 aromatic carbocycles. The Labute approximate surface area is 134 Å². The van der Waals surface area contributed by atoms with Crippen molar-refractivity contribution < 1.29 is 0 Å². The molecule has 0 amide bonds. The van der Waals surface area contributed by atoms with Gasteiger partial charge in [-0.3, -0.25) is 0 Å². The minimum Gasteiger partial charge on any atom is -0.0787 e. The third-order valence-electron chi connectivity index (χ3n) is 5.34. The van der Waals surface area contributed by atoms with Gasteiger partial charge in [0.15, 0.2) is 0 Å². The average molecular weight is 302 g/mol. The largest absolute Gasteiger partial charge is 0.0923 e. The molecular formula is C21H22Si. The van der Waals surface area contributed by atoms with Crippen molar-refractivity contribution in [2.45, 2.75) is 32.0 Å². The van der Waals surface area contributed by atoms with E-state index in [1.807, 2.05) is 0 Å². The Kier molecular flexibility index (Phi) is 3.02. The van der Waals surface area contributed by atoms with E-state index in [4.69, 9.17) is 0 Å². The van der Waals surface area contributed by atoms with E-state index in [-0.39, 0.29) is 0 Å². The highest BCUT2D eigenvalue weighted by molar-refractivity contribution is 6.91. The highest BCUT2D eigenvalue weighted by atomic mass is 28.3. The molecule has 0 aliphatic heterocycles. The molecule has 1 unspecified atom stereocenters. The smallest absolute Gasteiger partial charge is 0.0787 e. The van der Waals surface area contributed by atoms with Crippen molar-refractivity contribution in [2.75, 3.05) is 0 Å². The first-order chi connectivity index (χ1) is 10.6. The fourth-order valence-electron chi connectivity index (χ4n) is 4.18. The summed E-state index contributed by atoms with van der Waals surface area (Å²) in [7, 11) is -1.60. The quantitative estimate of drug-likeness (QED) is 0.691. The zero-order valence-corrected chi connectivity index (χ0v) is 14.6. The van der Waals surface area contributed by atoms with Crippen LogP contribution in [0.4, 0.5) is 0 Å². The predicted molar refractivity (Wildman–Crippen MR) is 99.1 cm³/mol. The van der Waals surface area contributed by atoms with Crippen LogP contribution in [0.3, 0.4) is 0 Å². The van der Waals surface area contributed by atoms with E-state index >= 15 is 0 Å². The summed E-state index contributed by atoms with van der Waals surface area (Å²) in [5.74, 6) is 0. The van der Waals surface area contributed by atoms with Crippen molar-refractivity contribution in [1.29, 1.82) is 0 Å². The molecular weight excluding hydrogens is 280 g/mol. The number of fused-ring (bicyclic) bond motifs is 2. The SMILES string of the molecule is CC1=Cc2cccc([Si](C)(C)C3C=Cc4ccccc43)c2C1. The second-order valence-corrected chi connectivity index (χ2v) is 11.8. The lowest BCUT2D eigenvalue weighted by Crippen LogP contribution is -2.48. The maximum Gasteiger partial charge on any atom is 0.0923 e. The first kappa shape index (κ1) is 13.8. The molecule has 2 aliphatic rings. The Balaban J connectivity index is 1.81. The van der Waals surface area contributed by atoms with Crippen molar-refractivity contribution in [3.8, 4) is 0 Å². The molecule has 0 saturated heterocycles. The summed E-state index contributed by atoms with van der Waals surface area (Å²) in [6.45, 7) is 7.32. The number of benzene rings is 2. The van der Waals surface area contributed by atoms with Crippen LogP contribution in [0.1, 0.15) is 34.7 Å². The fraction of sp³-hybridized carbons (Fsp3) is 0.238. The summed E-state index contributed by atoms with van der Waals surface area (Å²) in [5.41, 5.74) is 8.07. The zero-order valence-electron chi connectivity index (χ0n) is 13.6. The van der Waals surface area contributed by atoms with Crippen LogP contribution in [-0.4, -0.2) is 8.07 Å². The number of hydrogen-bond donors (Lipinski definition) is 0. The van der Waals surface area contributed by atoms with E-state index in [0.717, 1.165) is 6.42 Å². The van der Waals surface area contributed by atoms with Crippen LogP contribution in [-0.2, 0) is 6.42 Å². The third kappa shape index (κ3) is 1.96. The van der Waals surface area contributed by atoms with Gasteiger partial charge >= 0.3 is 0 Å². The fourth-order valence-corrected chi connectivity index (χ4v) is 7.67. The molecule has 0 N–H and O–H groups in total. The molecule has 1 heteroatoms. The summed E-state index contributed by atoms with van der Waals surface area (Å²) >= 11 is 0. The standard InChI is InChI=1S/C21H22Si/c1-15-13-17-8-6-10-20(19(17)14-15)22(2,3)21-12-11-16-7-4-5-9-18(16)21/h4-13,21H,14H2,1-3H3. The van der Waals surface area contributed by atoms with Gasteiger partial charge in [0.25, 0.3) is 0 Å². The molecule has 22 heavy (non-hydrogen) atoms. The van der Waals surface area contributed by atoms with E-state index < -0.39 is 8.07 Å². The van der Waals surface area contributed by atoms with Gasteiger partial charge in [0.1, 0.15) is 0 Å². The van der Waals surface area contributed by atoms with Crippen molar-refractivity contribution in [2.24, 2.45) is 0 Å². The van der Waals surface area contributed by atoms with E-state index in [9.17, 15) is 0 Å². The monoisotopic (exact) mass is 302 g/mol. The predicted octanol–water partition coefficient (Wildman–Crippen LogP) is 4.91. The van der Waals surface area contributed by atoms with Crippen LogP contribution >= 0.6 is 0 Å². The molecule has 0 aromatic heterocycles. The highest BCUT2D eigenvalue weighted by Gasteiger charge is 2.38. The first-order valence-corrected chi connectivity index (χ1v) is 11.2. The number of hydrogen-bond acceptors (Lipinski definition) is 0. The summed E-state index contributed by atoms with van der Waals surface area (Å²) in [4.78, 5) is 0. The molecule has 0 saturated carbocycles. The minimum atomic E-state index is -1.60. The topological polar surface area (TPSA) is 0 Å². The number of allylic oxidation sites excluding steroid dienone is 2. The summed E-state index contributed by atoms with van der Waals surface area (Å²) in [6, 6.07) is 15.8. The Morgan fingerprint density at radius 3 is 2.59 bits per heavy atom. The normalized spacial score (nSPS) is 19.0. The molecule has 0 fully saturated rings. The Bertz CT molecular complexity index is 808. The van der Waals surface area contributed by atoms with Crippen molar-refractivity contribution in [3.63, 3.8) is 0 Å². The van der Waals surface area contributed by atoms with Gasteiger partial charge in [0.2, 0.25) is 0 Å². The van der Waals surface area contributed by atoms with Crippen molar-refractivity contribution >= 4 is 25.4 Å². The Morgan fingerprint density at radius 1 is 0.955 bits per heavy atom. The van der Waals surface area contributed by atoms with Crippen LogP contribution < -0.4 is 5.19 Å². The van der Waals surface area contributed by atoms with Gasteiger partial charge in [-0.05, 0) is 35.6 Å². The summed E-state index contributed by atoms with van der Waals surface area (Å²) in [5, 5.41) is 1.64. The van der Waals surface area contributed by atoms with E-state index in [2.05, 4.69) is 80.7 Å². The first-order valence-electron chi connectivity index (χ1n) is 8.14. The van der Waals surface area contributed by atoms with Crippen LogP contribution in [0.15, 0.2) is 54.1 Å². The second-order valence-electron chi connectivity index (χ2n) is 7.23. The van der Waals surface area contributed by atoms with Crippen molar-refractivity contribution in [1.82, 2.24) is 0 Å². The highest BCUT2D eigenvalue weighted by Crippen LogP contribution is 2.38. The lowest BCUT2D eigenvalue weighted by molar-refractivity contribution is 1.16. The van der Waals surface area contributed by atoms with Gasteiger partial charge < -0.3 is 0 Å². The maximum absolute atomic E-state index is 2.54. The lowest BCUT2D eigenvalue weighted by atomic mass is 10.1. The van der Waals surface area contributed by atoms with Crippen LogP contribution in [0.5, 0.6) is 0 Å². The Morgan fingerprint density at radius 2 is 1.73 bits per heavy atom. The van der Waals surface area contributed by atoms with Crippen LogP contribution in [0, 0.1) is 0 Å². The lowest BCUT2D eigenvalue weighted by Gasteiger charge is -2.32. The molecule has 0 radical (unpaired) electrons. The van der Waals surface area contributed by atoms with Gasteiger partial charge in [-0.1, -0.05) is 84.5 Å². The molecule has 1 atom stereocenters. The molecule has 0 bridgehead atoms. The molecule has 2 aromatic rings. The van der Waals surface area contributed by atoms with Gasteiger partial charge in [0, 0.05) is 5.54 Å². The molecule has 0 spiro atoms. The van der Waals surface area contributed by atoms with Gasteiger partial charge in [-0.15, -0.1) is 0 Å². The molecule has 110 valence electrons.